The van der Waals surface area contributed by atoms with Gasteiger partial charge in [-0.2, -0.15) is 0 Å². The van der Waals surface area contributed by atoms with Crippen LogP contribution in [0.25, 0.3) is 11.1 Å². The summed E-state index contributed by atoms with van der Waals surface area (Å²) >= 11 is 5.92. The molecule has 1 aromatic heterocycles. The highest BCUT2D eigenvalue weighted by Crippen LogP contribution is 2.23. The summed E-state index contributed by atoms with van der Waals surface area (Å²) in [7, 11) is 1.39. The molecule has 1 heterocycles. The summed E-state index contributed by atoms with van der Waals surface area (Å²) in [5.74, 6) is -0.346. The van der Waals surface area contributed by atoms with Crippen LogP contribution in [0.5, 0.6) is 0 Å². The summed E-state index contributed by atoms with van der Waals surface area (Å²) in [4.78, 5) is 12.1. The predicted molar refractivity (Wildman–Crippen MR) is 91.8 cm³/mol. The van der Waals surface area contributed by atoms with Crippen molar-refractivity contribution >= 4 is 17.6 Å². The van der Waals surface area contributed by atoms with Gasteiger partial charge in [0.25, 0.3) is 0 Å². The van der Waals surface area contributed by atoms with Gasteiger partial charge in [-0.25, -0.2) is 4.79 Å². The number of esters is 1. The lowest BCUT2D eigenvalue weighted by molar-refractivity contribution is 0.0589. The number of aromatic nitrogens is 1. The highest BCUT2D eigenvalue weighted by atomic mass is 35.5. The van der Waals surface area contributed by atoms with Crippen LogP contribution in [-0.2, 0) is 11.3 Å². The number of rotatable bonds is 4. The Hall–Kier alpha value is -2.52. The van der Waals surface area contributed by atoms with E-state index in [0.29, 0.717) is 17.3 Å². The Bertz CT molecular complexity index is 807. The number of hydrogen-bond donors (Lipinski definition) is 0. The molecule has 0 fully saturated rings. The van der Waals surface area contributed by atoms with Gasteiger partial charge in [0.15, 0.2) is 0 Å². The summed E-state index contributed by atoms with van der Waals surface area (Å²) in [5, 5.41) is 0.694. The first-order chi connectivity index (χ1) is 11.2. The van der Waals surface area contributed by atoms with Crippen LogP contribution in [0.4, 0.5) is 0 Å². The van der Waals surface area contributed by atoms with Crippen LogP contribution < -0.4 is 0 Å². The van der Waals surface area contributed by atoms with Crippen molar-refractivity contribution in [2.24, 2.45) is 0 Å². The van der Waals surface area contributed by atoms with E-state index in [0.717, 1.165) is 16.7 Å². The Labute approximate surface area is 140 Å². The maximum atomic E-state index is 12.1. The molecule has 3 aromatic rings. The van der Waals surface area contributed by atoms with Gasteiger partial charge in [0, 0.05) is 23.3 Å². The van der Waals surface area contributed by atoms with E-state index >= 15 is 0 Å². The molecule has 0 saturated heterocycles. The van der Waals surface area contributed by atoms with Gasteiger partial charge in [-0.1, -0.05) is 54.1 Å². The van der Waals surface area contributed by atoms with Crippen molar-refractivity contribution in [2.75, 3.05) is 7.11 Å². The van der Waals surface area contributed by atoms with Gasteiger partial charge >= 0.3 is 5.97 Å². The van der Waals surface area contributed by atoms with Gasteiger partial charge < -0.3 is 9.30 Å². The van der Waals surface area contributed by atoms with Crippen molar-refractivity contribution in [1.29, 1.82) is 0 Å². The minimum absolute atomic E-state index is 0.346. The van der Waals surface area contributed by atoms with E-state index in [1.54, 1.807) is 0 Å². The number of halogens is 1. The average Bonchev–Trinajstić information content (AvgIpc) is 3.01. The van der Waals surface area contributed by atoms with E-state index in [1.165, 1.54) is 7.11 Å². The molecule has 0 spiro atoms. The molecule has 0 radical (unpaired) electrons. The standard InChI is InChI=1S/C19H16ClNO2/c1-23-19(22)18-11-16(15-5-3-2-4-6-15)13-21(18)12-14-7-9-17(20)10-8-14/h2-11,13H,12H2,1H3. The van der Waals surface area contributed by atoms with Gasteiger partial charge in [0.2, 0.25) is 0 Å². The molecule has 0 N–H and O–H groups in total. The second-order valence-corrected chi connectivity index (χ2v) is 5.66. The Morgan fingerprint density at radius 1 is 1.04 bits per heavy atom. The lowest BCUT2D eigenvalue weighted by Gasteiger charge is -2.07. The quantitative estimate of drug-likeness (QED) is 0.654. The third-order valence-electron chi connectivity index (χ3n) is 3.66. The van der Waals surface area contributed by atoms with Crippen LogP contribution >= 0.6 is 11.6 Å². The van der Waals surface area contributed by atoms with E-state index in [-0.39, 0.29) is 5.97 Å². The minimum atomic E-state index is -0.346. The van der Waals surface area contributed by atoms with Gasteiger partial charge in [0.05, 0.1) is 7.11 Å². The van der Waals surface area contributed by atoms with Crippen LogP contribution in [0.2, 0.25) is 5.02 Å². The zero-order chi connectivity index (χ0) is 16.2. The second kappa shape index (κ2) is 6.71. The number of benzene rings is 2. The molecule has 0 saturated carbocycles. The van der Waals surface area contributed by atoms with E-state index in [9.17, 15) is 4.79 Å². The van der Waals surface area contributed by atoms with Crippen molar-refractivity contribution in [3.8, 4) is 11.1 Å². The van der Waals surface area contributed by atoms with E-state index in [1.807, 2.05) is 71.4 Å². The Kier molecular flexibility index (Phi) is 4.49. The van der Waals surface area contributed by atoms with Crippen molar-refractivity contribution in [3.63, 3.8) is 0 Å². The molecule has 0 unspecified atom stereocenters. The number of hydrogen-bond acceptors (Lipinski definition) is 2. The lowest BCUT2D eigenvalue weighted by Crippen LogP contribution is -2.10. The molecule has 23 heavy (non-hydrogen) atoms. The number of ether oxygens (including phenoxy) is 1. The smallest absolute Gasteiger partial charge is 0.354 e. The first-order valence-corrected chi connectivity index (χ1v) is 7.63. The van der Waals surface area contributed by atoms with Crippen LogP contribution in [0, 0.1) is 0 Å². The topological polar surface area (TPSA) is 31.2 Å². The van der Waals surface area contributed by atoms with Crippen LogP contribution in [-0.4, -0.2) is 17.6 Å². The highest BCUT2D eigenvalue weighted by Gasteiger charge is 2.15. The third-order valence-corrected chi connectivity index (χ3v) is 3.92. The Balaban J connectivity index is 1.98. The minimum Gasteiger partial charge on any atom is -0.464 e. The summed E-state index contributed by atoms with van der Waals surface area (Å²) in [5.41, 5.74) is 3.64. The SMILES string of the molecule is COC(=O)c1cc(-c2ccccc2)cn1Cc1ccc(Cl)cc1. The monoisotopic (exact) mass is 325 g/mol. The van der Waals surface area contributed by atoms with Gasteiger partial charge in [-0.3, -0.25) is 0 Å². The zero-order valence-electron chi connectivity index (χ0n) is 12.7. The number of methoxy groups -OCH3 is 1. The molecule has 4 heteroatoms. The molecule has 2 aromatic carbocycles. The fourth-order valence-electron chi connectivity index (χ4n) is 2.49. The number of carbonyl (C=O) groups is 1. The largest absolute Gasteiger partial charge is 0.464 e. The van der Waals surface area contributed by atoms with Gasteiger partial charge in [-0.05, 0) is 29.3 Å². The fraction of sp³-hybridized carbons (Fsp3) is 0.105. The molecule has 0 bridgehead atoms. The summed E-state index contributed by atoms with van der Waals surface area (Å²) in [6, 6.07) is 19.4. The number of carbonyl (C=O) groups excluding carboxylic acids is 1. The third kappa shape index (κ3) is 3.46. The Morgan fingerprint density at radius 2 is 1.74 bits per heavy atom. The van der Waals surface area contributed by atoms with E-state index < -0.39 is 0 Å². The van der Waals surface area contributed by atoms with Crippen molar-refractivity contribution in [2.45, 2.75) is 6.54 Å². The fourth-order valence-corrected chi connectivity index (χ4v) is 2.62. The van der Waals surface area contributed by atoms with E-state index in [4.69, 9.17) is 16.3 Å². The lowest BCUT2D eigenvalue weighted by atomic mass is 10.1. The molecule has 116 valence electrons. The highest BCUT2D eigenvalue weighted by molar-refractivity contribution is 6.30. The van der Waals surface area contributed by atoms with Gasteiger partial charge in [0.1, 0.15) is 5.69 Å². The molecule has 0 aliphatic carbocycles. The summed E-state index contributed by atoms with van der Waals surface area (Å²) in [6.07, 6.45) is 1.97. The molecule has 0 aliphatic rings. The molecule has 0 amide bonds. The zero-order valence-corrected chi connectivity index (χ0v) is 13.5. The molecule has 3 nitrogen and oxygen atoms in total. The van der Waals surface area contributed by atoms with Crippen LogP contribution in [0.15, 0.2) is 66.9 Å². The van der Waals surface area contributed by atoms with Crippen molar-refractivity contribution in [1.82, 2.24) is 4.57 Å². The van der Waals surface area contributed by atoms with Crippen molar-refractivity contribution in [3.05, 3.63) is 83.1 Å². The van der Waals surface area contributed by atoms with Crippen LogP contribution in [0.1, 0.15) is 16.1 Å². The molecule has 3 rings (SSSR count). The molecular formula is C19H16ClNO2. The predicted octanol–water partition coefficient (Wildman–Crippen LogP) is 4.64. The summed E-state index contributed by atoms with van der Waals surface area (Å²) in [6.45, 7) is 0.578. The van der Waals surface area contributed by atoms with E-state index in [2.05, 4.69) is 0 Å². The molecule has 0 atom stereocenters. The average molecular weight is 326 g/mol. The maximum Gasteiger partial charge on any atom is 0.354 e. The Morgan fingerprint density at radius 3 is 2.39 bits per heavy atom. The summed E-state index contributed by atoms with van der Waals surface area (Å²) < 4.78 is 6.80. The second-order valence-electron chi connectivity index (χ2n) is 5.23. The van der Waals surface area contributed by atoms with Crippen LogP contribution in [0.3, 0.4) is 0 Å². The maximum absolute atomic E-state index is 12.1. The van der Waals surface area contributed by atoms with Crippen molar-refractivity contribution < 1.29 is 9.53 Å². The normalized spacial score (nSPS) is 10.5. The molecular weight excluding hydrogens is 310 g/mol. The van der Waals surface area contributed by atoms with Gasteiger partial charge in [-0.15, -0.1) is 0 Å². The number of nitrogens with zero attached hydrogens (tertiary/aromatic N) is 1. The first kappa shape index (κ1) is 15.4. The first-order valence-electron chi connectivity index (χ1n) is 7.26. The molecule has 0 aliphatic heterocycles.